The van der Waals surface area contributed by atoms with Crippen molar-refractivity contribution in [2.75, 3.05) is 33.9 Å². The van der Waals surface area contributed by atoms with E-state index in [1.54, 1.807) is 14.2 Å². The van der Waals surface area contributed by atoms with E-state index in [-0.39, 0.29) is 6.17 Å². The Balaban J connectivity index is 1.75. The number of hydrogen-bond acceptors (Lipinski definition) is 5. The van der Waals surface area contributed by atoms with Crippen molar-refractivity contribution < 1.29 is 14.2 Å². The summed E-state index contributed by atoms with van der Waals surface area (Å²) in [6, 6.07) is 22.9. The lowest BCUT2D eigenvalue weighted by Gasteiger charge is -2.45. The Bertz CT molecular complexity index is 1030. The minimum Gasteiger partial charge on any atom is -0.496 e. The van der Waals surface area contributed by atoms with Gasteiger partial charge in [-0.2, -0.15) is 0 Å². The van der Waals surface area contributed by atoms with E-state index in [1.165, 1.54) is 16.7 Å². The van der Waals surface area contributed by atoms with E-state index in [0.29, 0.717) is 6.61 Å². The third kappa shape index (κ3) is 5.57. The van der Waals surface area contributed by atoms with E-state index < -0.39 is 0 Å². The van der Waals surface area contributed by atoms with Crippen LogP contribution < -0.4 is 14.2 Å². The van der Waals surface area contributed by atoms with E-state index in [0.717, 1.165) is 54.3 Å². The fraction of sp³-hybridized carbons (Fsp3) is 0.357. The predicted octanol–water partition coefficient (Wildman–Crippen LogP) is 6.27. The minimum absolute atomic E-state index is 0.0441. The molecule has 34 heavy (non-hydrogen) atoms. The average molecular weight is 525 g/mol. The van der Waals surface area contributed by atoms with Crippen molar-refractivity contribution in [3.05, 3.63) is 87.9 Å². The molecule has 0 spiro atoms. The van der Waals surface area contributed by atoms with Gasteiger partial charge in [-0.15, -0.1) is 0 Å². The van der Waals surface area contributed by atoms with Crippen LogP contribution in [0.15, 0.2) is 71.2 Å². The molecule has 0 atom stereocenters. The molecule has 1 saturated heterocycles. The minimum atomic E-state index is 0.0441. The highest BCUT2D eigenvalue weighted by Gasteiger charge is 2.33. The Morgan fingerprint density at radius 2 is 1.35 bits per heavy atom. The van der Waals surface area contributed by atoms with Crippen LogP contribution in [-0.2, 0) is 13.1 Å². The van der Waals surface area contributed by atoms with Gasteiger partial charge in [-0.3, -0.25) is 9.80 Å². The molecule has 1 fully saturated rings. The quantitative estimate of drug-likeness (QED) is 0.329. The summed E-state index contributed by atoms with van der Waals surface area (Å²) in [6.07, 6.45) is 1.13. The second kappa shape index (κ2) is 11.7. The molecule has 0 aliphatic carbocycles. The molecule has 180 valence electrons. The van der Waals surface area contributed by atoms with Crippen molar-refractivity contribution in [2.45, 2.75) is 32.6 Å². The molecule has 4 rings (SSSR count). The highest BCUT2D eigenvalue weighted by molar-refractivity contribution is 9.10. The molecule has 0 radical (unpaired) electrons. The summed E-state index contributed by atoms with van der Waals surface area (Å²) in [4.78, 5) is 5.06. The van der Waals surface area contributed by atoms with Crippen LogP contribution in [0.1, 0.15) is 36.2 Å². The van der Waals surface area contributed by atoms with E-state index in [1.807, 2.05) is 37.3 Å². The smallest absolute Gasteiger partial charge is 0.125 e. The number of benzene rings is 3. The molecule has 0 unspecified atom stereocenters. The normalized spacial score (nSPS) is 15.3. The molecule has 0 N–H and O–H groups in total. The predicted molar refractivity (Wildman–Crippen MR) is 139 cm³/mol. The summed E-state index contributed by atoms with van der Waals surface area (Å²) in [5.74, 6) is 2.76. The van der Waals surface area contributed by atoms with Gasteiger partial charge in [0.2, 0.25) is 0 Å². The van der Waals surface area contributed by atoms with Gasteiger partial charge in [0.15, 0.2) is 0 Å². The zero-order chi connectivity index (χ0) is 23.9. The summed E-state index contributed by atoms with van der Waals surface area (Å²) in [5, 5.41) is 0. The van der Waals surface area contributed by atoms with Crippen LogP contribution in [0.4, 0.5) is 0 Å². The summed E-state index contributed by atoms with van der Waals surface area (Å²) < 4.78 is 18.5. The lowest BCUT2D eigenvalue weighted by molar-refractivity contribution is -0.0113. The summed E-state index contributed by atoms with van der Waals surface area (Å²) in [5.41, 5.74) is 3.53. The van der Waals surface area contributed by atoms with E-state index in [2.05, 4.69) is 62.1 Å². The largest absolute Gasteiger partial charge is 0.496 e. The maximum absolute atomic E-state index is 6.11. The summed E-state index contributed by atoms with van der Waals surface area (Å²) in [7, 11) is 3.48. The Kier molecular flexibility index (Phi) is 8.48. The van der Waals surface area contributed by atoms with E-state index in [4.69, 9.17) is 14.2 Å². The molecule has 1 aliphatic rings. The molecular formula is C28H33BrN2O3. The Morgan fingerprint density at radius 1 is 0.794 bits per heavy atom. The third-order valence-corrected chi connectivity index (χ3v) is 6.76. The zero-order valence-corrected chi connectivity index (χ0v) is 21.8. The first-order chi connectivity index (χ1) is 16.6. The molecule has 1 aliphatic heterocycles. The second-order valence-corrected chi connectivity index (χ2v) is 9.32. The van der Waals surface area contributed by atoms with Crippen LogP contribution in [0, 0.1) is 0 Å². The number of rotatable bonds is 9. The lowest BCUT2D eigenvalue weighted by atomic mass is 10.0. The SMILES string of the molecule is CCOc1ccc(Br)cc1C1N(Cc2ccccc2OC)CCCN1Cc1ccccc1OC. The number of hydrogen-bond donors (Lipinski definition) is 0. The van der Waals surface area contributed by atoms with Crippen molar-refractivity contribution in [3.63, 3.8) is 0 Å². The van der Waals surface area contributed by atoms with Gasteiger partial charge < -0.3 is 14.2 Å². The highest BCUT2D eigenvalue weighted by Crippen LogP contribution is 2.39. The first-order valence-corrected chi connectivity index (χ1v) is 12.6. The Morgan fingerprint density at radius 3 is 1.88 bits per heavy atom. The number of halogens is 1. The van der Waals surface area contributed by atoms with Gasteiger partial charge in [0.1, 0.15) is 17.2 Å². The van der Waals surface area contributed by atoms with Gasteiger partial charge in [-0.25, -0.2) is 0 Å². The van der Waals surface area contributed by atoms with Gasteiger partial charge >= 0.3 is 0 Å². The molecule has 6 heteroatoms. The standard InChI is InChI=1S/C28H33BrN2O3/c1-4-34-27-15-14-23(29)18-24(27)28-30(19-21-10-5-7-12-25(21)32-2)16-9-17-31(28)20-22-11-6-8-13-26(22)33-3/h5-8,10-15,18,28H,4,9,16-17,19-20H2,1-3H3. The molecule has 0 amide bonds. The fourth-order valence-corrected chi connectivity index (χ4v) is 5.17. The zero-order valence-electron chi connectivity index (χ0n) is 20.2. The fourth-order valence-electron chi connectivity index (χ4n) is 4.79. The van der Waals surface area contributed by atoms with E-state index in [9.17, 15) is 0 Å². The summed E-state index contributed by atoms with van der Waals surface area (Å²) in [6.45, 7) is 6.21. The highest BCUT2D eigenvalue weighted by atomic mass is 79.9. The molecule has 0 saturated carbocycles. The number of methoxy groups -OCH3 is 2. The van der Waals surface area contributed by atoms with Crippen molar-refractivity contribution in [1.82, 2.24) is 9.80 Å². The number of para-hydroxylation sites is 2. The maximum Gasteiger partial charge on any atom is 0.125 e. The van der Waals surface area contributed by atoms with Crippen molar-refractivity contribution in [2.24, 2.45) is 0 Å². The molecule has 1 heterocycles. The van der Waals surface area contributed by atoms with Crippen molar-refractivity contribution in [3.8, 4) is 17.2 Å². The third-order valence-electron chi connectivity index (χ3n) is 6.26. The molecular weight excluding hydrogens is 492 g/mol. The molecule has 5 nitrogen and oxygen atoms in total. The molecule has 0 bridgehead atoms. The molecule has 3 aromatic carbocycles. The van der Waals surface area contributed by atoms with Gasteiger partial charge in [0.25, 0.3) is 0 Å². The van der Waals surface area contributed by atoms with Gasteiger partial charge in [-0.1, -0.05) is 52.3 Å². The first kappa shape index (κ1) is 24.6. The first-order valence-electron chi connectivity index (χ1n) is 11.8. The summed E-state index contributed by atoms with van der Waals surface area (Å²) >= 11 is 3.70. The van der Waals surface area contributed by atoms with Crippen LogP contribution >= 0.6 is 15.9 Å². The van der Waals surface area contributed by atoms with Crippen LogP contribution in [-0.4, -0.2) is 43.7 Å². The van der Waals surface area contributed by atoms with Crippen LogP contribution in [0.25, 0.3) is 0 Å². The topological polar surface area (TPSA) is 34.2 Å². The second-order valence-electron chi connectivity index (χ2n) is 8.41. The monoisotopic (exact) mass is 524 g/mol. The Hall–Kier alpha value is -2.54. The van der Waals surface area contributed by atoms with Crippen LogP contribution in [0.2, 0.25) is 0 Å². The van der Waals surface area contributed by atoms with Crippen molar-refractivity contribution >= 4 is 15.9 Å². The van der Waals surface area contributed by atoms with E-state index >= 15 is 0 Å². The molecule has 3 aromatic rings. The number of nitrogens with zero attached hydrogens (tertiary/aromatic N) is 2. The molecule has 0 aromatic heterocycles. The van der Waals surface area contributed by atoms with Gasteiger partial charge in [0, 0.05) is 47.3 Å². The maximum atomic E-state index is 6.11. The van der Waals surface area contributed by atoms with Gasteiger partial charge in [0.05, 0.1) is 27.0 Å². The Labute approximate surface area is 211 Å². The van der Waals surface area contributed by atoms with Crippen LogP contribution in [0.3, 0.4) is 0 Å². The lowest BCUT2D eigenvalue weighted by Crippen LogP contribution is -2.47. The van der Waals surface area contributed by atoms with Gasteiger partial charge in [-0.05, 0) is 43.7 Å². The van der Waals surface area contributed by atoms with Crippen molar-refractivity contribution in [1.29, 1.82) is 0 Å². The number of ether oxygens (including phenoxy) is 3. The average Bonchev–Trinajstić information content (AvgIpc) is 2.86. The van der Waals surface area contributed by atoms with Crippen LogP contribution in [0.5, 0.6) is 17.2 Å².